The zero-order valence-corrected chi connectivity index (χ0v) is 7.24. The SMILES string of the molecule is CC(CCl)(CCl)CC(=O)O. The molecule has 0 amide bonds. The Balaban J connectivity index is 3.92. The lowest BCUT2D eigenvalue weighted by Gasteiger charge is -2.20. The Morgan fingerprint density at radius 1 is 1.50 bits per heavy atom. The van der Waals surface area contributed by atoms with Crippen molar-refractivity contribution in [2.24, 2.45) is 5.41 Å². The van der Waals surface area contributed by atoms with Crippen LogP contribution in [0.2, 0.25) is 0 Å². The van der Waals surface area contributed by atoms with Gasteiger partial charge < -0.3 is 5.11 Å². The van der Waals surface area contributed by atoms with Gasteiger partial charge in [0, 0.05) is 17.2 Å². The van der Waals surface area contributed by atoms with Crippen LogP contribution in [0, 0.1) is 5.41 Å². The fourth-order valence-electron chi connectivity index (χ4n) is 0.495. The number of carboxylic acids is 1. The van der Waals surface area contributed by atoms with E-state index in [1.54, 1.807) is 6.92 Å². The highest BCUT2D eigenvalue weighted by Crippen LogP contribution is 2.24. The molecule has 0 aromatic rings. The first-order valence-electron chi connectivity index (χ1n) is 2.88. The minimum absolute atomic E-state index is 0.0278. The van der Waals surface area contributed by atoms with E-state index in [2.05, 4.69) is 0 Å². The molecule has 1 N–H and O–H groups in total. The summed E-state index contributed by atoms with van der Waals surface area (Å²) in [5.41, 5.74) is -0.463. The molecule has 10 heavy (non-hydrogen) atoms. The molecule has 0 aromatic heterocycles. The van der Waals surface area contributed by atoms with Crippen molar-refractivity contribution >= 4 is 29.2 Å². The summed E-state index contributed by atoms with van der Waals surface area (Å²) < 4.78 is 0. The van der Waals surface area contributed by atoms with Crippen LogP contribution in [0.3, 0.4) is 0 Å². The summed E-state index contributed by atoms with van der Waals surface area (Å²) in [5.74, 6) is -0.296. The van der Waals surface area contributed by atoms with E-state index in [4.69, 9.17) is 28.3 Å². The number of carbonyl (C=O) groups is 1. The Hall–Kier alpha value is 0.0500. The van der Waals surface area contributed by atoms with E-state index >= 15 is 0 Å². The monoisotopic (exact) mass is 184 g/mol. The van der Waals surface area contributed by atoms with Crippen molar-refractivity contribution in [1.29, 1.82) is 0 Å². The fraction of sp³-hybridized carbons (Fsp3) is 0.833. The van der Waals surface area contributed by atoms with Crippen molar-refractivity contribution in [3.63, 3.8) is 0 Å². The average Bonchev–Trinajstić information content (AvgIpc) is 1.87. The van der Waals surface area contributed by atoms with Gasteiger partial charge in [-0.1, -0.05) is 6.92 Å². The zero-order valence-electron chi connectivity index (χ0n) is 5.73. The molecular weight excluding hydrogens is 175 g/mol. The largest absolute Gasteiger partial charge is 0.481 e. The summed E-state index contributed by atoms with van der Waals surface area (Å²) in [6.07, 6.45) is 0.0278. The molecule has 4 heteroatoms. The maximum absolute atomic E-state index is 10.2. The molecule has 0 heterocycles. The first kappa shape index (κ1) is 10.0. The molecule has 0 spiro atoms. The summed E-state index contributed by atoms with van der Waals surface area (Å²) >= 11 is 11.0. The van der Waals surface area contributed by atoms with Gasteiger partial charge in [-0.3, -0.25) is 4.79 Å². The van der Waals surface area contributed by atoms with E-state index in [0.29, 0.717) is 0 Å². The van der Waals surface area contributed by atoms with Crippen molar-refractivity contribution in [2.75, 3.05) is 11.8 Å². The minimum atomic E-state index is -0.858. The van der Waals surface area contributed by atoms with Crippen LogP contribution in [0.4, 0.5) is 0 Å². The van der Waals surface area contributed by atoms with Crippen LogP contribution in [0.25, 0.3) is 0 Å². The van der Waals surface area contributed by atoms with Crippen LogP contribution in [-0.2, 0) is 4.79 Å². The number of halogens is 2. The summed E-state index contributed by atoms with van der Waals surface area (Å²) in [4.78, 5) is 10.2. The van der Waals surface area contributed by atoms with Crippen LogP contribution in [0.5, 0.6) is 0 Å². The Kier molecular flexibility index (Phi) is 4.06. The molecule has 0 aliphatic carbocycles. The van der Waals surface area contributed by atoms with Gasteiger partial charge in [-0.05, 0) is 0 Å². The highest BCUT2D eigenvalue weighted by Gasteiger charge is 2.25. The van der Waals surface area contributed by atoms with Crippen molar-refractivity contribution < 1.29 is 9.90 Å². The van der Waals surface area contributed by atoms with Crippen LogP contribution in [0.1, 0.15) is 13.3 Å². The van der Waals surface area contributed by atoms with Crippen LogP contribution in [0.15, 0.2) is 0 Å². The summed E-state index contributed by atoms with van der Waals surface area (Å²) in [5, 5.41) is 8.39. The number of rotatable bonds is 4. The van der Waals surface area contributed by atoms with Gasteiger partial charge in [0.25, 0.3) is 0 Å². The van der Waals surface area contributed by atoms with Crippen molar-refractivity contribution in [3.05, 3.63) is 0 Å². The van der Waals surface area contributed by atoms with E-state index in [-0.39, 0.29) is 18.2 Å². The Bertz CT molecular complexity index is 121. The number of hydrogen-bond donors (Lipinski definition) is 1. The van der Waals surface area contributed by atoms with Crippen LogP contribution in [-0.4, -0.2) is 22.8 Å². The highest BCUT2D eigenvalue weighted by molar-refractivity contribution is 6.21. The second kappa shape index (κ2) is 4.04. The first-order valence-corrected chi connectivity index (χ1v) is 3.95. The molecule has 0 saturated carbocycles. The first-order chi connectivity index (χ1) is 4.54. The quantitative estimate of drug-likeness (QED) is 0.679. The number of aliphatic carboxylic acids is 1. The smallest absolute Gasteiger partial charge is 0.303 e. The average molecular weight is 185 g/mol. The summed E-state index contributed by atoms with van der Waals surface area (Å²) in [6.45, 7) is 1.75. The summed E-state index contributed by atoms with van der Waals surface area (Å²) in [6, 6.07) is 0. The van der Waals surface area contributed by atoms with Gasteiger partial charge in [-0.2, -0.15) is 0 Å². The molecule has 0 bridgehead atoms. The standard InChI is InChI=1S/C6H10Cl2O2/c1-6(3-7,4-8)2-5(9)10/h2-4H2,1H3,(H,9,10). The second-order valence-corrected chi connectivity index (χ2v) is 3.18. The summed E-state index contributed by atoms with van der Waals surface area (Å²) in [7, 11) is 0. The Labute approximate surface area is 70.1 Å². The third kappa shape index (κ3) is 3.28. The molecule has 0 radical (unpaired) electrons. The fourth-order valence-corrected chi connectivity index (χ4v) is 0.970. The molecule has 0 rings (SSSR count). The number of hydrogen-bond acceptors (Lipinski definition) is 1. The molecule has 0 unspecified atom stereocenters. The minimum Gasteiger partial charge on any atom is -0.481 e. The Morgan fingerprint density at radius 2 is 1.90 bits per heavy atom. The van der Waals surface area contributed by atoms with Crippen LogP contribution >= 0.6 is 23.2 Å². The van der Waals surface area contributed by atoms with Gasteiger partial charge in [0.15, 0.2) is 0 Å². The van der Waals surface area contributed by atoms with Crippen molar-refractivity contribution in [2.45, 2.75) is 13.3 Å². The molecule has 0 fully saturated rings. The molecule has 0 aliphatic heterocycles. The van der Waals surface area contributed by atoms with Gasteiger partial charge in [0.2, 0.25) is 0 Å². The maximum Gasteiger partial charge on any atom is 0.303 e. The normalized spacial score (nSPS) is 11.5. The maximum atomic E-state index is 10.2. The van der Waals surface area contributed by atoms with E-state index < -0.39 is 11.4 Å². The molecule has 0 aromatic carbocycles. The molecule has 2 nitrogen and oxygen atoms in total. The van der Waals surface area contributed by atoms with E-state index in [0.717, 1.165) is 0 Å². The van der Waals surface area contributed by atoms with Crippen molar-refractivity contribution in [3.8, 4) is 0 Å². The van der Waals surface area contributed by atoms with E-state index in [1.807, 2.05) is 0 Å². The molecular formula is C6H10Cl2O2. The van der Waals surface area contributed by atoms with Gasteiger partial charge in [-0.15, -0.1) is 23.2 Å². The van der Waals surface area contributed by atoms with Gasteiger partial charge in [0.1, 0.15) is 0 Å². The topological polar surface area (TPSA) is 37.3 Å². The predicted molar refractivity (Wildman–Crippen MR) is 41.8 cm³/mol. The Morgan fingerprint density at radius 3 is 2.00 bits per heavy atom. The molecule has 0 saturated heterocycles. The molecule has 60 valence electrons. The van der Waals surface area contributed by atoms with Crippen LogP contribution < -0.4 is 0 Å². The lowest BCUT2D eigenvalue weighted by molar-refractivity contribution is -0.138. The second-order valence-electron chi connectivity index (χ2n) is 2.65. The predicted octanol–water partition coefficient (Wildman–Crippen LogP) is 1.94. The third-order valence-electron chi connectivity index (χ3n) is 1.22. The zero-order chi connectivity index (χ0) is 8.20. The lowest BCUT2D eigenvalue weighted by Crippen LogP contribution is -2.24. The molecule has 0 aliphatic rings. The van der Waals surface area contributed by atoms with E-state index in [1.165, 1.54) is 0 Å². The number of alkyl halides is 2. The number of carboxylic acid groups (broad SMARTS) is 1. The highest BCUT2D eigenvalue weighted by atomic mass is 35.5. The lowest BCUT2D eigenvalue weighted by atomic mass is 9.92. The van der Waals surface area contributed by atoms with Gasteiger partial charge in [0.05, 0.1) is 6.42 Å². The third-order valence-corrected chi connectivity index (χ3v) is 2.51. The van der Waals surface area contributed by atoms with Gasteiger partial charge in [-0.25, -0.2) is 0 Å². The van der Waals surface area contributed by atoms with Crippen molar-refractivity contribution in [1.82, 2.24) is 0 Å². The van der Waals surface area contributed by atoms with E-state index in [9.17, 15) is 4.79 Å². The molecule has 0 atom stereocenters. The van der Waals surface area contributed by atoms with Gasteiger partial charge >= 0.3 is 5.97 Å².